The second-order valence-electron chi connectivity index (χ2n) is 8.53. The smallest absolute Gasteiger partial charge is 0.406 e. The lowest BCUT2D eigenvalue weighted by molar-refractivity contribution is -0.649. The maximum Gasteiger partial charge on any atom is 0.406 e. The van der Waals surface area contributed by atoms with Crippen LogP contribution in [0.5, 0.6) is 0 Å². The van der Waals surface area contributed by atoms with Gasteiger partial charge in [0.1, 0.15) is 0 Å². The molecule has 0 amide bonds. The molecule has 1 rings (SSSR count). The molecule has 1 N–H and O–H groups in total. The zero-order chi connectivity index (χ0) is 23.8. The van der Waals surface area contributed by atoms with Gasteiger partial charge in [0, 0.05) is 16.9 Å². The second-order valence-corrected chi connectivity index (χ2v) is 8.53. The summed E-state index contributed by atoms with van der Waals surface area (Å²) < 4.78 is 0. The lowest BCUT2D eigenvalue weighted by Gasteiger charge is -2.24. The van der Waals surface area contributed by atoms with E-state index in [-0.39, 0.29) is 12.0 Å². The average molecular weight is 451 g/mol. The number of carbonyl (C=O) groups is 1. The summed E-state index contributed by atoms with van der Waals surface area (Å²) in [7, 11) is 0. The fraction of sp³-hybridized carbons (Fsp3) is 0.708. The van der Waals surface area contributed by atoms with Crippen molar-refractivity contribution in [1.29, 1.82) is 0 Å². The van der Waals surface area contributed by atoms with Crippen LogP contribution in [0.25, 0.3) is 0 Å². The predicted molar refractivity (Wildman–Crippen MR) is 124 cm³/mol. The van der Waals surface area contributed by atoms with E-state index < -0.39 is 27.4 Å². The Morgan fingerprint density at radius 2 is 1.28 bits per heavy atom. The van der Waals surface area contributed by atoms with Crippen LogP contribution in [-0.2, 0) is 10.3 Å². The number of rotatable bonds is 19. The zero-order valence-electron chi connectivity index (χ0n) is 19.2. The normalized spacial score (nSPS) is 13.9. The summed E-state index contributed by atoms with van der Waals surface area (Å²) >= 11 is 0. The van der Waals surface area contributed by atoms with Crippen molar-refractivity contribution in [3.63, 3.8) is 0 Å². The van der Waals surface area contributed by atoms with E-state index in [1.54, 1.807) is 6.07 Å². The molecule has 8 nitrogen and oxygen atoms in total. The summed E-state index contributed by atoms with van der Waals surface area (Å²) in [5, 5.41) is 33.3. The number of nitro groups is 2. The SMILES string of the molecule is CCCCCCCCCCCCCCCC([N+](=O)[O-])C(C(=O)O)(c1ccccc1)[N+](=O)[O-]. The molecule has 2 atom stereocenters. The molecule has 1 aromatic rings. The minimum absolute atomic E-state index is 0.146. The molecule has 0 aliphatic carbocycles. The highest BCUT2D eigenvalue weighted by atomic mass is 16.7. The number of unbranched alkanes of at least 4 members (excludes halogenated alkanes) is 12. The van der Waals surface area contributed by atoms with Crippen molar-refractivity contribution in [2.75, 3.05) is 0 Å². The van der Waals surface area contributed by atoms with Gasteiger partial charge in [0.25, 0.3) is 6.04 Å². The Morgan fingerprint density at radius 3 is 1.66 bits per heavy atom. The van der Waals surface area contributed by atoms with Gasteiger partial charge < -0.3 is 5.11 Å². The molecule has 8 heteroatoms. The molecule has 0 aliphatic heterocycles. The van der Waals surface area contributed by atoms with Gasteiger partial charge in [-0.05, 0) is 6.42 Å². The third kappa shape index (κ3) is 8.20. The number of carboxylic acids is 1. The number of aliphatic carboxylic acids is 1. The molecule has 0 aromatic heterocycles. The van der Waals surface area contributed by atoms with E-state index in [4.69, 9.17) is 0 Å². The van der Waals surface area contributed by atoms with Crippen molar-refractivity contribution < 1.29 is 19.7 Å². The molecule has 0 spiro atoms. The van der Waals surface area contributed by atoms with E-state index in [2.05, 4.69) is 6.92 Å². The van der Waals surface area contributed by atoms with Crippen molar-refractivity contribution in [3.05, 3.63) is 56.1 Å². The van der Waals surface area contributed by atoms with Crippen molar-refractivity contribution in [2.24, 2.45) is 0 Å². The zero-order valence-corrected chi connectivity index (χ0v) is 19.2. The lowest BCUT2D eigenvalue weighted by Crippen LogP contribution is -2.56. The minimum atomic E-state index is -2.79. The monoisotopic (exact) mass is 450 g/mol. The Morgan fingerprint density at radius 1 is 0.844 bits per heavy atom. The molecule has 0 saturated carbocycles. The van der Waals surface area contributed by atoms with Crippen LogP contribution in [0, 0.1) is 20.2 Å². The van der Waals surface area contributed by atoms with Gasteiger partial charge in [0.15, 0.2) is 0 Å². The summed E-state index contributed by atoms with van der Waals surface area (Å²) in [5.41, 5.74) is -2.96. The fourth-order valence-electron chi connectivity index (χ4n) is 4.28. The van der Waals surface area contributed by atoms with E-state index in [1.165, 1.54) is 75.6 Å². The maximum absolute atomic E-state index is 12.0. The third-order valence-electron chi connectivity index (χ3n) is 6.15. The first kappa shape index (κ1) is 27.5. The maximum atomic E-state index is 12.0. The van der Waals surface area contributed by atoms with Crippen molar-refractivity contribution >= 4 is 5.97 Å². The standard InChI is InChI=1S/C24H38N2O6/c1-2-3-4-5-6-7-8-9-10-11-12-13-17-20-22(25(29)30)24(23(27)28,26(31)32)21-18-15-14-16-19-21/h14-16,18-19,22H,2-13,17,20H2,1H3,(H,27,28). The highest BCUT2D eigenvalue weighted by Crippen LogP contribution is 2.34. The molecular weight excluding hydrogens is 412 g/mol. The predicted octanol–water partition coefficient (Wildman–Crippen LogP) is 6.37. The van der Waals surface area contributed by atoms with Crippen molar-refractivity contribution in [3.8, 4) is 0 Å². The summed E-state index contributed by atoms with van der Waals surface area (Å²) in [4.78, 5) is 33.8. The third-order valence-corrected chi connectivity index (χ3v) is 6.15. The van der Waals surface area contributed by atoms with Gasteiger partial charge in [0.05, 0.1) is 4.92 Å². The number of benzene rings is 1. The van der Waals surface area contributed by atoms with Crippen LogP contribution < -0.4 is 0 Å². The Hall–Kier alpha value is -2.51. The summed E-state index contributed by atoms with van der Waals surface area (Å²) in [6.45, 7) is 2.21. The largest absolute Gasteiger partial charge is 0.475 e. The molecule has 180 valence electrons. The Kier molecular flexibility index (Phi) is 13.2. The van der Waals surface area contributed by atoms with Gasteiger partial charge in [-0.3, -0.25) is 20.2 Å². The number of hydrogen-bond acceptors (Lipinski definition) is 5. The highest BCUT2D eigenvalue weighted by molar-refractivity contribution is 5.80. The Labute approximate surface area is 190 Å². The fourth-order valence-corrected chi connectivity index (χ4v) is 4.28. The van der Waals surface area contributed by atoms with Crippen LogP contribution in [0.2, 0.25) is 0 Å². The summed E-state index contributed by atoms with van der Waals surface area (Å²) in [5.74, 6) is -1.80. The van der Waals surface area contributed by atoms with Crippen LogP contribution in [0.3, 0.4) is 0 Å². The Balaban J connectivity index is 2.48. The first-order chi connectivity index (χ1) is 15.4. The van der Waals surface area contributed by atoms with E-state index >= 15 is 0 Å². The van der Waals surface area contributed by atoms with Gasteiger partial charge in [-0.1, -0.05) is 114 Å². The summed E-state index contributed by atoms with van der Waals surface area (Å²) in [6, 6.07) is 5.22. The molecule has 0 fully saturated rings. The van der Waals surface area contributed by atoms with Crippen molar-refractivity contribution in [1.82, 2.24) is 0 Å². The van der Waals surface area contributed by atoms with E-state index in [9.17, 15) is 30.1 Å². The minimum Gasteiger partial charge on any atom is -0.475 e. The van der Waals surface area contributed by atoms with Gasteiger partial charge in [-0.25, -0.2) is 4.79 Å². The Bertz CT molecular complexity index is 681. The van der Waals surface area contributed by atoms with E-state index in [1.807, 2.05) is 0 Å². The molecule has 0 bridgehead atoms. The molecule has 1 aromatic carbocycles. The van der Waals surface area contributed by atoms with Crippen LogP contribution in [0.1, 0.15) is 102 Å². The molecule has 32 heavy (non-hydrogen) atoms. The summed E-state index contributed by atoms with van der Waals surface area (Å²) in [6.07, 6.45) is 14.2. The quantitative estimate of drug-likeness (QED) is 0.148. The molecular formula is C24H38N2O6. The number of nitrogens with zero attached hydrogens (tertiary/aromatic N) is 2. The molecule has 0 saturated heterocycles. The van der Waals surface area contributed by atoms with Crippen LogP contribution >= 0.6 is 0 Å². The first-order valence-corrected chi connectivity index (χ1v) is 12.0. The van der Waals surface area contributed by atoms with E-state index in [0.29, 0.717) is 12.8 Å². The van der Waals surface area contributed by atoms with Gasteiger partial charge in [-0.15, -0.1) is 0 Å². The van der Waals surface area contributed by atoms with Crippen LogP contribution in [0.15, 0.2) is 30.3 Å². The molecule has 0 heterocycles. The first-order valence-electron chi connectivity index (χ1n) is 12.0. The number of hydrogen-bond donors (Lipinski definition) is 1. The molecule has 2 unspecified atom stereocenters. The van der Waals surface area contributed by atoms with Crippen LogP contribution in [0.4, 0.5) is 0 Å². The topological polar surface area (TPSA) is 124 Å². The molecule has 0 radical (unpaired) electrons. The van der Waals surface area contributed by atoms with Crippen molar-refractivity contribution in [2.45, 2.75) is 108 Å². The van der Waals surface area contributed by atoms with Gasteiger partial charge in [-0.2, -0.15) is 0 Å². The average Bonchev–Trinajstić information content (AvgIpc) is 2.76. The van der Waals surface area contributed by atoms with Gasteiger partial charge >= 0.3 is 11.5 Å². The highest BCUT2D eigenvalue weighted by Gasteiger charge is 2.66. The molecule has 0 aliphatic rings. The second kappa shape index (κ2) is 15.3. The van der Waals surface area contributed by atoms with Gasteiger partial charge in [0.2, 0.25) is 0 Å². The van der Waals surface area contributed by atoms with Crippen LogP contribution in [-0.4, -0.2) is 27.0 Å². The lowest BCUT2D eigenvalue weighted by atomic mass is 9.81. The van der Waals surface area contributed by atoms with E-state index in [0.717, 1.165) is 19.3 Å². The number of carboxylic acid groups (broad SMARTS) is 1.